The zero-order valence-electron chi connectivity index (χ0n) is 16.1. The lowest BCUT2D eigenvalue weighted by Gasteiger charge is -2.35. The number of fused-ring (bicyclic) bond motifs is 2. The van der Waals surface area contributed by atoms with Crippen LogP contribution in [0.25, 0.3) is 0 Å². The molecule has 1 spiro atoms. The zero-order chi connectivity index (χ0) is 21.0. The van der Waals surface area contributed by atoms with Gasteiger partial charge in [0.2, 0.25) is 11.7 Å². The number of amides is 1. The lowest BCUT2D eigenvalue weighted by molar-refractivity contribution is -0.126. The summed E-state index contributed by atoms with van der Waals surface area (Å²) in [6, 6.07) is 14.5. The van der Waals surface area contributed by atoms with Crippen LogP contribution in [0.4, 0.5) is 10.1 Å². The normalized spacial score (nSPS) is 25.5. The van der Waals surface area contributed by atoms with Crippen molar-refractivity contribution >= 4 is 29.0 Å². The molecule has 1 aromatic heterocycles. The highest BCUT2D eigenvalue weighted by molar-refractivity contribution is 6.31. The monoisotopic (exact) mass is 424 g/mol. The number of furan rings is 1. The summed E-state index contributed by atoms with van der Waals surface area (Å²) in [6.07, 6.45) is 1.44. The number of carbonyl (C=O) groups is 2. The van der Waals surface area contributed by atoms with Crippen molar-refractivity contribution in [2.75, 3.05) is 18.9 Å². The average Bonchev–Trinajstić information content (AvgIpc) is 3.42. The Hall–Kier alpha value is -2.96. The van der Waals surface area contributed by atoms with Crippen molar-refractivity contribution in [1.29, 1.82) is 0 Å². The Labute approximate surface area is 177 Å². The molecule has 30 heavy (non-hydrogen) atoms. The van der Waals surface area contributed by atoms with Crippen LogP contribution in [0, 0.1) is 11.7 Å². The first-order valence-electron chi connectivity index (χ1n) is 9.59. The molecule has 3 unspecified atom stereocenters. The molecule has 1 saturated heterocycles. The molecule has 0 bridgehead atoms. The molecule has 5 nitrogen and oxygen atoms in total. The molecule has 3 aromatic rings. The van der Waals surface area contributed by atoms with E-state index in [1.807, 2.05) is 11.9 Å². The Morgan fingerprint density at radius 3 is 2.70 bits per heavy atom. The third-order valence-electron chi connectivity index (χ3n) is 6.26. The predicted octanol–water partition coefficient (Wildman–Crippen LogP) is 4.45. The molecule has 2 aliphatic heterocycles. The Morgan fingerprint density at radius 1 is 1.23 bits per heavy atom. The predicted molar refractivity (Wildman–Crippen MR) is 110 cm³/mol. The van der Waals surface area contributed by atoms with Gasteiger partial charge in [-0.2, -0.15) is 0 Å². The van der Waals surface area contributed by atoms with E-state index in [1.54, 1.807) is 42.5 Å². The van der Waals surface area contributed by atoms with Gasteiger partial charge in [0.05, 0.1) is 12.2 Å². The third kappa shape index (κ3) is 2.57. The summed E-state index contributed by atoms with van der Waals surface area (Å²) in [5.41, 5.74) is 0.835. The molecule has 0 aliphatic carbocycles. The number of hydrogen-bond donors (Lipinski definition) is 1. The van der Waals surface area contributed by atoms with Crippen LogP contribution in [-0.4, -0.2) is 30.2 Å². The van der Waals surface area contributed by atoms with Gasteiger partial charge in [-0.25, -0.2) is 4.39 Å². The number of benzene rings is 2. The molecule has 2 aromatic carbocycles. The number of likely N-dealkylation sites (N-methyl/N-ethyl adjacent to an activating group) is 1. The second-order valence-corrected chi connectivity index (χ2v) is 8.20. The standard InChI is InChI=1S/C23H18ClFN2O3/c1-27-12-16(13-4-7-15(25)8-5-13)20(21(28)19-3-2-10-30-19)23(27)17-11-14(24)6-9-18(17)26-22(23)29/h2-11,16,20H,12H2,1H3,(H,26,29). The van der Waals surface area contributed by atoms with Crippen molar-refractivity contribution in [2.45, 2.75) is 11.5 Å². The fourth-order valence-corrected chi connectivity index (χ4v) is 5.17. The number of anilines is 1. The smallest absolute Gasteiger partial charge is 0.250 e. The number of ketones is 1. The summed E-state index contributed by atoms with van der Waals surface area (Å²) in [4.78, 5) is 29.0. The summed E-state index contributed by atoms with van der Waals surface area (Å²) in [7, 11) is 1.82. The Balaban J connectivity index is 1.74. The highest BCUT2D eigenvalue weighted by Gasteiger charge is 2.64. The van der Waals surface area contributed by atoms with Gasteiger partial charge in [0.15, 0.2) is 5.76 Å². The Kier molecular flexibility index (Phi) is 4.31. The van der Waals surface area contributed by atoms with Crippen molar-refractivity contribution in [3.05, 3.63) is 88.6 Å². The Morgan fingerprint density at radius 2 is 2.00 bits per heavy atom. The minimum atomic E-state index is -1.25. The minimum Gasteiger partial charge on any atom is -0.461 e. The number of halogens is 2. The zero-order valence-corrected chi connectivity index (χ0v) is 16.8. The second-order valence-electron chi connectivity index (χ2n) is 7.77. The highest BCUT2D eigenvalue weighted by atomic mass is 35.5. The number of rotatable bonds is 3. The van der Waals surface area contributed by atoms with Crippen molar-refractivity contribution in [2.24, 2.45) is 5.92 Å². The van der Waals surface area contributed by atoms with Gasteiger partial charge >= 0.3 is 0 Å². The van der Waals surface area contributed by atoms with Gasteiger partial charge in [-0.3, -0.25) is 14.5 Å². The van der Waals surface area contributed by atoms with Gasteiger partial charge in [0.1, 0.15) is 11.4 Å². The molecular weight excluding hydrogens is 407 g/mol. The van der Waals surface area contributed by atoms with Gasteiger partial charge in [-0.05, 0) is 55.1 Å². The van der Waals surface area contributed by atoms with Gasteiger partial charge < -0.3 is 9.73 Å². The fourth-order valence-electron chi connectivity index (χ4n) is 4.99. The number of Topliss-reactive ketones (excluding diaryl/α,β-unsaturated/α-hetero) is 1. The maximum Gasteiger partial charge on any atom is 0.250 e. The lowest BCUT2D eigenvalue weighted by atomic mass is 9.71. The maximum atomic E-state index is 13.7. The molecule has 1 fully saturated rings. The number of hydrogen-bond acceptors (Lipinski definition) is 4. The van der Waals surface area contributed by atoms with Crippen LogP contribution in [-0.2, 0) is 10.3 Å². The average molecular weight is 425 g/mol. The highest BCUT2D eigenvalue weighted by Crippen LogP contribution is 2.56. The van der Waals surface area contributed by atoms with Crippen molar-refractivity contribution in [3.8, 4) is 0 Å². The quantitative estimate of drug-likeness (QED) is 0.631. The van der Waals surface area contributed by atoms with Crippen LogP contribution in [0.15, 0.2) is 65.3 Å². The molecule has 3 heterocycles. The van der Waals surface area contributed by atoms with Gasteiger partial charge in [0.25, 0.3) is 0 Å². The SMILES string of the molecule is CN1CC(c2ccc(F)cc2)C(C(=O)c2ccco2)C12C(=O)Nc1ccc(Cl)cc12. The molecule has 152 valence electrons. The first-order valence-corrected chi connectivity index (χ1v) is 9.96. The van der Waals surface area contributed by atoms with Crippen LogP contribution in [0.3, 0.4) is 0 Å². The van der Waals surface area contributed by atoms with E-state index in [-0.39, 0.29) is 29.2 Å². The van der Waals surface area contributed by atoms with Crippen LogP contribution < -0.4 is 5.32 Å². The lowest BCUT2D eigenvalue weighted by Crippen LogP contribution is -2.51. The van der Waals surface area contributed by atoms with E-state index in [2.05, 4.69) is 5.32 Å². The first-order chi connectivity index (χ1) is 14.4. The minimum absolute atomic E-state index is 0.185. The van der Waals surface area contributed by atoms with Crippen LogP contribution in [0.1, 0.15) is 27.6 Å². The molecule has 1 N–H and O–H groups in total. The summed E-state index contributed by atoms with van der Waals surface area (Å²) in [5.74, 6) is -1.85. The van der Waals surface area contributed by atoms with Gasteiger partial charge in [-0.15, -0.1) is 0 Å². The molecule has 5 rings (SSSR count). The van der Waals surface area contributed by atoms with Crippen LogP contribution >= 0.6 is 11.6 Å². The molecular formula is C23H18ClFN2O3. The van der Waals surface area contributed by atoms with Gasteiger partial charge in [0, 0.05) is 28.7 Å². The number of carbonyl (C=O) groups excluding carboxylic acids is 2. The van der Waals surface area contributed by atoms with Crippen molar-refractivity contribution in [1.82, 2.24) is 4.90 Å². The largest absolute Gasteiger partial charge is 0.461 e. The van der Waals surface area contributed by atoms with E-state index in [0.29, 0.717) is 22.8 Å². The van der Waals surface area contributed by atoms with Crippen LogP contribution in [0.5, 0.6) is 0 Å². The summed E-state index contributed by atoms with van der Waals surface area (Å²) in [5, 5.41) is 3.40. The second kappa shape index (κ2) is 6.79. The molecule has 0 saturated carbocycles. The Bertz CT molecular complexity index is 1150. The fraction of sp³-hybridized carbons (Fsp3) is 0.217. The number of likely N-dealkylation sites (tertiary alicyclic amines) is 1. The topological polar surface area (TPSA) is 62.6 Å². The van der Waals surface area contributed by atoms with E-state index < -0.39 is 11.5 Å². The number of nitrogens with one attached hydrogen (secondary N) is 1. The van der Waals surface area contributed by atoms with Crippen molar-refractivity contribution < 1.29 is 18.4 Å². The van der Waals surface area contributed by atoms with E-state index in [4.69, 9.17) is 16.0 Å². The molecule has 0 radical (unpaired) electrons. The molecule has 2 aliphatic rings. The molecule has 3 atom stereocenters. The van der Waals surface area contributed by atoms with E-state index in [0.717, 1.165) is 5.56 Å². The van der Waals surface area contributed by atoms with Crippen molar-refractivity contribution in [3.63, 3.8) is 0 Å². The molecule has 1 amide bonds. The van der Waals surface area contributed by atoms with Gasteiger partial charge in [-0.1, -0.05) is 23.7 Å². The van der Waals surface area contributed by atoms with E-state index in [9.17, 15) is 14.0 Å². The summed E-state index contributed by atoms with van der Waals surface area (Å²) in [6.45, 7) is 0.433. The third-order valence-corrected chi connectivity index (χ3v) is 6.49. The van der Waals surface area contributed by atoms with E-state index >= 15 is 0 Å². The summed E-state index contributed by atoms with van der Waals surface area (Å²) < 4.78 is 19.0. The maximum absolute atomic E-state index is 13.7. The molecule has 7 heteroatoms. The first kappa shape index (κ1) is 19.0. The van der Waals surface area contributed by atoms with E-state index in [1.165, 1.54) is 18.4 Å². The number of nitrogens with zero attached hydrogens (tertiary/aromatic N) is 1. The van der Waals surface area contributed by atoms with Crippen LogP contribution in [0.2, 0.25) is 5.02 Å². The summed E-state index contributed by atoms with van der Waals surface area (Å²) >= 11 is 6.28.